The first-order valence-corrected chi connectivity index (χ1v) is 12.7. The standard InChI is InChI=1S/C27H42F2O/c1-4-6-7-8-20-9-11-21(12-10-20)19(3)22-13-15-23(16-14-22)24-17-18-25(30-5-2)27(29)26(24)28/h17-23H,4-16H2,1-3H3/t19?,20?,21?,22-,23-. The van der Waals surface area contributed by atoms with Crippen LogP contribution in [0, 0.1) is 35.3 Å². The van der Waals surface area contributed by atoms with Gasteiger partial charge in [0, 0.05) is 0 Å². The minimum Gasteiger partial charge on any atom is -0.491 e. The highest BCUT2D eigenvalue weighted by molar-refractivity contribution is 5.33. The van der Waals surface area contributed by atoms with Crippen LogP contribution in [0.4, 0.5) is 8.78 Å². The quantitative estimate of drug-likeness (QED) is 0.363. The first-order chi connectivity index (χ1) is 14.5. The van der Waals surface area contributed by atoms with Gasteiger partial charge in [-0.1, -0.05) is 58.4 Å². The Balaban J connectivity index is 1.48. The van der Waals surface area contributed by atoms with Crippen molar-refractivity contribution in [2.75, 3.05) is 6.61 Å². The van der Waals surface area contributed by atoms with E-state index in [0.29, 0.717) is 12.2 Å². The molecule has 0 aliphatic heterocycles. The number of hydrogen-bond donors (Lipinski definition) is 0. The molecule has 3 rings (SSSR count). The lowest BCUT2D eigenvalue weighted by Gasteiger charge is -2.39. The molecule has 2 saturated carbocycles. The van der Waals surface area contributed by atoms with Crippen molar-refractivity contribution in [2.45, 2.75) is 104 Å². The molecule has 3 heteroatoms. The number of benzene rings is 1. The van der Waals surface area contributed by atoms with Crippen molar-refractivity contribution in [1.29, 1.82) is 0 Å². The van der Waals surface area contributed by atoms with Crippen molar-refractivity contribution in [1.82, 2.24) is 0 Å². The number of ether oxygens (including phenoxy) is 1. The number of halogens is 2. The summed E-state index contributed by atoms with van der Waals surface area (Å²) in [5.41, 5.74) is 0.551. The first-order valence-electron chi connectivity index (χ1n) is 12.7. The fourth-order valence-corrected chi connectivity index (χ4v) is 6.16. The van der Waals surface area contributed by atoms with Gasteiger partial charge in [0.15, 0.2) is 11.6 Å². The normalized spacial score (nSPS) is 28.3. The van der Waals surface area contributed by atoms with Crippen LogP contribution in [0.1, 0.15) is 109 Å². The molecular formula is C27H42F2O. The van der Waals surface area contributed by atoms with Crippen LogP contribution in [-0.2, 0) is 0 Å². The molecule has 0 heterocycles. The fourth-order valence-electron chi connectivity index (χ4n) is 6.16. The lowest BCUT2D eigenvalue weighted by atomic mass is 9.66. The average molecular weight is 421 g/mol. The van der Waals surface area contributed by atoms with E-state index in [1.54, 1.807) is 19.1 Å². The van der Waals surface area contributed by atoms with Crippen LogP contribution in [0.5, 0.6) is 5.75 Å². The molecule has 1 unspecified atom stereocenters. The van der Waals surface area contributed by atoms with Crippen molar-refractivity contribution in [3.05, 3.63) is 29.3 Å². The van der Waals surface area contributed by atoms with E-state index in [2.05, 4.69) is 13.8 Å². The van der Waals surface area contributed by atoms with E-state index in [1.165, 1.54) is 51.4 Å². The van der Waals surface area contributed by atoms with Gasteiger partial charge in [-0.2, -0.15) is 4.39 Å². The summed E-state index contributed by atoms with van der Waals surface area (Å²) in [6.07, 6.45) is 15.5. The molecule has 0 N–H and O–H groups in total. The molecule has 1 aromatic carbocycles. The van der Waals surface area contributed by atoms with Gasteiger partial charge < -0.3 is 4.74 Å². The molecule has 1 aromatic rings. The Kier molecular flexibility index (Phi) is 9.01. The van der Waals surface area contributed by atoms with E-state index in [-0.39, 0.29) is 11.7 Å². The molecule has 1 atom stereocenters. The summed E-state index contributed by atoms with van der Waals surface area (Å²) in [6, 6.07) is 3.35. The maximum Gasteiger partial charge on any atom is 0.200 e. The highest BCUT2D eigenvalue weighted by atomic mass is 19.2. The molecular weight excluding hydrogens is 378 g/mol. The Bertz CT molecular complexity index is 643. The van der Waals surface area contributed by atoms with Crippen LogP contribution in [0.15, 0.2) is 12.1 Å². The highest BCUT2D eigenvalue weighted by Crippen LogP contribution is 2.45. The van der Waals surface area contributed by atoms with Gasteiger partial charge in [0.05, 0.1) is 6.61 Å². The van der Waals surface area contributed by atoms with Gasteiger partial charge in [0.1, 0.15) is 0 Å². The maximum atomic E-state index is 14.6. The topological polar surface area (TPSA) is 9.23 Å². The van der Waals surface area contributed by atoms with Crippen molar-refractivity contribution in [3.8, 4) is 5.75 Å². The minimum atomic E-state index is -0.819. The summed E-state index contributed by atoms with van der Waals surface area (Å²) in [4.78, 5) is 0. The zero-order valence-electron chi connectivity index (χ0n) is 19.4. The number of rotatable bonds is 9. The zero-order valence-corrected chi connectivity index (χ0v) is 19.4. The van der Waals surface area contributed by atoms with Gasteiger partial charge in [-0.15, -0.1) is 0 Å². The Morgan fingerprint density at radius 1 is 0.867 bits per heavy atom. The largest absolute Gasteiger partial charge is 0.491 e. The summed E-state index contributed by atoms with van der Waals surface area (Å²) >= 11 is 0. The summed E-state index contributed by atoms with van der Waals surface area (Å²) in [5, 5.41) is 0. The zero-order chi connectivity index (χ0) is 21.5. The first kappa shape index (κ1) is 23.5. The monoisotopic (exact) mass is 420 g/mol. The summed E-state index contributed by atoms with van der Waals surface area (Å²) in [7, 11) is 0. The molecule has 0 bridgehead atoms. The Hall–Kier alpha value is -1.12. The fraction of sp³-hybridized carbons (Fsp3) is 0.778. The SMILES string of the molecule is CCCCCC1CCC(C(C)[C@H]2CC[C@H](c3ccc(OCC)c(F)c3F)CC2)CC1. The Morgan fingerprint density at radius 2 is 1.50 bits per heavy atom. The number of hydrogen-bond acceptors (Lipinski definition) is 1. The van der Waals surface area contributed by atoms with Gasteiger partial charge in [-0.25, -0.2) is 4.39 Å². The average Bonchev–Trinajstić information content (AvgIpc) is 2.78. The Morgan fingerprint density at radius 3 is 2.10 bits per heavy atom. The molecule has 2 aliphatic carbocycles. The van der Waals surface area contributed by atoms with E-state index in [9.17, 15) is 8.78 Å². The van der Waals surface area contributed by atoms with E-state index in [1.807, 2.05) is 0 Å². The third kappa shape index (κ3) is 5.77. The predicted octanol–water partition coefficient (Wildman–Crippen LogP) is 8.66. The maximum absolute atomic E-state index is 14.6. The van der Waals surface area contributed by atoms with Gasteiger partial charge in [-0.05, 0) is 86.7 Å². The van der Waals surface area contributed by atoms with Crippen molar-refractivity contribution < 1.29 is 13.5 Å². The second-order valence-electron chi connectivity index (χ2n) is 9.96. The van der Waals surface area contributed by atoms with Gasteiger partial charge in [-0.3, -0.25) is 0 Å². The molecule has 0 aromatic heterocycles. The van der Waals surface area contributed by atoms with Crippen LogP contribution in [0.2, 0.25) is 0 Å². The molecule has 0 saturated heterocycles. The van der Waals surface area contributed by atoms with E-state index in [4.69, 9.17) is 4.74 Å². The summed E-state index contributed by atoms with van der Waals surface area (Å²) in [5.74, 6) is 2.02. The summed E-state index contributed by atoms with van der Waals surface area (Å²) < 4.78 is 34.1. The van der Waals surface area contributed by atoms with Crippen LogP contribution in [0.25, 0.3) is 0 Å². The molecule has 170 valence electrons. The lowest BCUT2D eigenvalue weighted by molar-refractivity contribution is 0.131. The number of unbranched alkanes of at least 4 members (excludes halogenated alkanes) is 2. The second-order valence-corrected chi connectivity index (χ2v) is 9.96. The Labute approximate surface area is 183 Å². The predicted molar refractivity (Wildman–Crippen MR) is 121 cm³/mol. The van der Waals surface area contributed by atoms with E-state index >= 15 is 0 Å². The van der Waals surface area contributed by atoms with Crippen LogP contribution >= 0.6 is 0 Å². The van der Waals surface area contributed by atoms with Crippen molar-refractivity contribution in [2.24, 2.45) is 23.7 Å². The third-order valence-electron chi connectivity index (χ3n) is 8.18. The highest BCUT2D eigenvalue weighted by Gasteiger charge is 2.33. The van der Waals surface area contributed by atoms with Gasteiger partial charge in [0.2, 0.25) is 5.82 Å². The molecule has 1 nitrogen and oxygen atoms in total. The van der Waals surface area contributed by atoms with E-state index in [0.717, 1.165) is 49.4 Å². The third-order valence-corrected chi connectivity index (χ3v) is 8.18. The minimum absolute atomic E-state index is 0.0337. The van der Waals surface area contributed by atoms with Crippen molar-refractivity contribution in [3.63, 3.8) is 0 Å². The molecule has 2 aliphatic rings. The molecule has 2 fully saturated rings. The molecule has 30 heavy (non-hydrogen) atoms. The molecule has 0 spiro atoms. The summed E-state index contributed by atoms with van der Waals surface area (Å²) in [6.45, 7) is 6.88. The van der Waals surface area contributed by atoms with Crippen LogP contribution in [0.3, 0.4) is 0 Å². The lowest BCUT2D eigenvalue weighted by Crippen LogP contribution is -2.28. The smallest absolute Gasteiger partial charge is 0.200 e. The van der Waals surface area contributed by atoms with Crippen molar-refractivity contribution >= 4 is 0 Å². The van der Waals surface area contributed by atoms with Gasteiger partial charge >= 0.3 is 0 Å². The molecule has 0 amide bonds. The van der Waals surface area contributed by atoms with E-state index < -0.39 is 11.6 Å². The molecule has 0 radical (unpaired) electrons. The van der Waals surface area contributed by atoms with Crippen LogP contribution < -0.4 is 4.74 Å². The second kappa shape index (κ2) is 11.5. The van der Waals surface area contributed by atoms with Gasteiger partial charge in [0.25, 0.3) is 0 Å². The van der Waals surface area contributed by atoms with Crippen LogP contribution in [-0.4, -0.2) is 6.61 Å².